The number of benzene rings is 2. The molecule has 5 nitrogen and oxygen atoms in total. The Morgan fingerprint density at radius 3 is 2.81 bits per heavy atom. The molecule has 6 heteroatoms. The van der Waals surface area contributed by atoms with Crippen LogP contribution in [-0.4, -0.2) is 30.3 Å². The van der Waals surface area contributed by atoms with Crippen LogP contribution in [0.3, 0.4) is 0 Å². The van der Waals surface area contributed by atoms with Crippen molar-refractivity contribution in [2.75, 3.05) is 25.1 Å². The monoisotopic (exact) mass is 386 g/mol. The van der Waals surface area contributed by atoms with Gasteiger partial charge >= 0.3 is 0 Å². The second-order valence-electron chi connectivity index (χ2n) is 6.14. The fourth-order valence-electron chi connectivity index (χ4n) is 2.84. The molecule has 0 spiro atoms. The fourth-order valence-corrected chi connectivity index (χ4v) is 3.01. The minimum atomic E-state index is -0.0955. The Morgan fingerprint density at radius 2 is 1.96 bits per heavy atom. The van der Waals surface area contributed by atoms with Gasteiger partial charge in [-0.1, -0.05) is 29.8 Å². The number of ether oxygens (including phenoxy) is 2. The highest BCUT2D eigenvalue weighted by molar-refractivity contribution is 6.31. The van der Waals surface area contributed by atoms with Crippen molar-refractivity contribution in [1.82, 2.24) is 4.57 Å². The maximum absolute atomic E-state index is 12.4. The van der Waals surface area contributed by atoms with Crippen LogP contribution in [0.5, 0.6) is 0 Å². The molecular weight excluding hydrogens is 364 g/mol. The van der Waals surface area contributed by atoms with Gasteiger partial charge in [0.1, 0.15) is 6.54 Å². The molecule has 0 saturated carbocycles. The van der Waals surface area contributed by atoms with Crippen LogP contribution in [0, 0.1) is 0 Å². The first-order chi connectivity index (χ1) is 13.2. The SMILES string of the molecule is CCOCCOCc1cccc(NC(=O)Cn2ccc3ccc(Cl)cc32)c1. The largest absolute Gasteiger partial charge is 0.379 e. The number of carbonyl (C=O) groups is 1. The van der Waals surface area contributed by atoms with Crippen molar-refractivity contribution in [2.24, 2.45) is 0 Å². The molecule has 1 N–H and O–H groups in total. The Hall–Kier alpha value is -2.34. The molecule has 2 aromatic carbocycles. The van der Waals surface area contributed by atoms with Crippen molar-refractivity contribution in [2.45, 2.75) is 20.1 Å². The Kier molecular flexibility index (Phi) is 6.87. The van der Waals surface area contributed by atoms with Crippen molar-refractivity contribution in [3.05, 3.63) is 65.3 Å². The Labute approximate surface area is 163 Å². The number of aromatic nitrogens is 1. The average Bonchev–Trinajstić information content (AvgIpc) is 3.04. The third-order valence-corrected chi connectivity index (χ3v) is 4.34. The van der Waals surface area contributed by atoms with E-state index in [4.69, 9.17) is 21.1 Å². The molecule has 1 aromatic heterocycles. The summed E-state index contributed by atoms with van der Waals surface area (Å²) in [6.45, 7) is 4.48. The standard InChI is InChI=1S/C21H23ClN2O3/c1-2-26-10-11-27-15-16-4-3-5-19(12-16)23-21(25)14-24-9-8-17-6-7-18(22)13-20(17)24/h3-9,12-13H,2,10-11,14-15H2,1H3,(H,23,25). The van der Waals surface area contributed by atoms with Crippen LogP contribution in [0.4, 0.5) is 5.69 Å². The summed E-state index contributed by atoms with van der Waals surface area (Å²) >= 11 is 6.07. The Balaban J connectivity index is 1.57. The van der Waals surface area contributed by atoms with Crippen molar-refractivity contribution >= 4 is 34.1 Å². The fraction of sp³-hybridized carbons (Fsp3) is 0.286. The smallest absolute Gasteiger partial charge is 0.244 e. The van der Waals surface area contributed by atoms with E-state index in [-0.39, 0.29) is 12.5 Å². The lowest BCUT2D eigenvalue weighted by Crippen LogP contribution is -2.18. The highest BCUT2D eigenvalue weighted by atomic mass is 35.5. The van der Waals surface area contributed by atoms with E-state index in [0.717, 1.165) is 22.2 Å². The number of fused-ring (bicyclic) bond motifs is 1. The van der Waals surface area contributed by atoms with Crippen molar-refractivity contribution in [3.8, 4) is 0 Å². The van der Waals surface area contributed by atoms with Crippen LogP contribution in [0.25, 0.3) is 10.9 Å². The van der Waals surface area contributed by atoms with E-state index in [1.165, 1.54) is 0 Å². The number of carbonyl (C=O) groups excluding carboxylic acids is 1. The second-order valence-corrected chi connectivity index (χ2v) is 6.58. The summed E-state index contributed by atoms with van der Waals surface area (Å²) in [6, 6.07) is 15.3. The molecule has 3 aromatic rings. The highest BCUT2D eigenvalue weighted by Gasteiger charge is 2.08. The minimum Gasteiger partial charge on any atom is -0.379 e. The molecule has 0 bridgehead atoms. The van der Waals surface area contributed by atoms with E-state index >= 15 is 0 Å². The maximum atomic E-state index is 12.4. The molecule has 0 fully saturated rings. The van der Waals surface area contributed by atoms with Gasteiger partial charge in [0.2, 0.25) is 5.91 Å². The van der Waals surface area contributed by atoms with Crippen LogP contribution in [0.1, 0.15) is 12.5 Å². The molecule has 3 rings (SSSR count). The number of nitrogens with zero attached hydrogens (tertiary/aromatic N) is 1. The van der Waals surface area contributed by atoms with Gasteiger partial charge in [0, 0.05) is 29.0 Å². The lowest BCUT2D eigenvalue weighted by atomic mass is 10.2. The molecule has 0 aliphatic rings. The molecule has 0 atom stereocenters. The topological polar surface area (TPSA) is 52.5 Å². The van der Waals surface area contributed by atoms with Crippen molar-refractivity contribution in [3.63, 3.8) is 0 Å². The number of anilines is 1. The number of halogens is 1. The molecule has 0 unspecified atom stereocenters. The average molecular weight is 387 g/mol. The molecule has 0 saturated heterocycles. The molecule has 142 valence electrons. The van der Waals surface area contributed by atoms with Crippen LogP contribution >= 0.6 is 11.6 Å². The predicted octanol–water partition coefficient (Wildman–Crippen LogP) is 4.49. The number of hydrogen-bond acceptors (Lipinski definition) is 3. The summed E-state index contributed by atoms with van der Waals surface area (Å²) in [4.78, 5) is 12.4. The molecule has 0 radical (unpaired) electrons. The van der Waals surface area contributed by atoms with Crippen molar-refractivity contribution < 1.29 is 14.3 Å². The first-order valence-corrected chi connectivity index (χ1v) is 9.32. The summed E-state index contributed by atoms with van der Waals surface area (Å²) in [7, 11) is 0. The molecule has 1 heterocycles. The number of nitrogens with one attached hydrogen (secondary N) is 1. The van der Waals surface area contributed by atoms with E-state index in [1.807, 2.05) is 66.2 Å². The van der Waals surface area contributed by atoms with Crippen molar-refractivity contribution in [1.29, 1.82) is 0 Å². The van der Waals surface area contributed by atoms with E-state index < -0.39 is 0 Å². The third kappa shape index (κ3) is 5.57. The predicted molar refractivity (Wildman–Crippen MR) is 108 cm³/mol. The quantitative estimate of drug-likeness (QED) is 0.551. The van der Waals surface area contributed by atoms with Gasteiger partial charge < -0.3 is 19.4 Å². The summed E-state index contributed by atoms with van der Waals surface area (Å²) < 4.78 is 12.7. The normalized spacial score (nSPS) is 11.0. The molecule has 27 heavy (non-hydrogen) atoms. The molecule has 1 amide bonds. The number of rotatable bonds is 9. The molecule has 0 aliphatic heterocycles. The van der Waals surface area contributed by atoms with Crippen LogP contribution < -0.4 is 5.32 Å². The van der Waals surface area contributed by atoms with Gasteiger partial charge in [-0.2, -0.15) is 0 Å². The van der Waals surface area contributed by atoms with E-state index in [9.17, 15) is 4.79 Å². The maximum Gasteiger partial charge on any atom is 0.244 e. The summed E-state index contributed by atoms with van der Waals surface area (Å²) in [5.74, 6) is -0.0955. The molecule has 0 aliphatic carbocycles. The van der Waals surface area contributed by atoms with E-state index in [1.54, 1.807) is 0 Å². The third-order valence-electron chi connectivity index (χ3n) is 4.11. The van der Waals surface area contributed by atoms with Crippen LogP contribution in [-0.2, 0) is 27.4 Å². The van der Waals surface area contributed by atoms with Gasteiger partial charge in [0.15, 0.2) is 0 Å². The van der Waals surface area contributed by atoms with E-state index in [2.05, 4.69) is 5.32 Å². The zero-order chi connectivity index (χ0) is 19.1. The van der Waals surface area contributed by atoms with Gasteiger partial charge in [-0.15, -0.1) is 0 Å². The summed E-state index contributed by atoms with van der Waals surface area (Å²) in [5, 5.41) is 4.64. The Bertz CT molecular complexity index is 907. The van der Waals surface area contributed by atoms with Gasteiger partial charge in [-0.05, 0) is 48.2 Å². The summed E-state index contributed by atoms with van der Waals surface area (Å²) in [6.07, 6.45) is 1.89. The molecular formula is C21H23ClN2O3. The van der Waals surface area contributed by atoms with Gasteiger partial charge in [-0.3, -0.25) is 4.79 Å². The van der Waals surface area contributed by atoms with E-state index in [0.29, 0.717) is 31.5 Å². The Morgan fingerprint density at radius 1 is 1.11 bits per heavy atom. The minimum absolute atomic E-state index is 0.0955. The zero-order valence-electron chi connectivity index (χ0n) is 15.3. The van der Waals surface area contributed by atoms with Gasteiger partial charge in [0.25, 0.3) is 0 Å². The second kappa shape index (κ2) is 9.55. The van der Waals surface area contributed by atoms with Crippen LogP contribution in [0.15, 0.2) is 54.7 Å². The van der Waals surface area contributed by atoms with Crippen LogP contribution in [0.2, 0.25) is 5.02 Å². The first-order valence-electron chi connectivity index (χ1n) is 8.94. The zero-order valence-corrected chi connectivity index (χ0v) is 16.0. The lowest BCUT2D eigenvalue weighted by Gasteiger charge is -2.10. The number of hydrogen-bond donors (Lipinski definition) is 1. The van der Waals surface area contributed by atoms with Gasteiger partial charge in [-0.25, -0.2) is 0 Å². The van der Waals surface area contributed by atoms with Gasteiger partial charge in [0.05, 0.1) is 19.8 Å². The number of amides is 1. The first kappa shape index (κ1) is 19.4. The highest BCUT2D eigenvalue weighted by Crippen LogP contribution is 2.20. The lowest BCUT2D eigenvalue weighted by molar-refractivity contribution is -0.116. The summed E-state index contributed by atoms with van der Waals surface area (Å²) in [5.41, 5.74) is 2.69.